The van der Waals surface area contributed by atoms with Crippen molar-refractivity contribution < 1.29 is 28.2 Å². The van der Waals surface area contributed by atoms with Gasteiger partial charge in [-0.1, -0.05) is 29.8 Å². The highest BCUT2D eigenvalue weighted by molar-refractivity contribution is 7.90. The number of rotatable bonds is 2. The predicted molar refractivity (Wildman–Crippen MR) is 167 cm³/mol. The summed E-state index contributed by atoms with van der Waals surface area (Å²) in [6, 6.07) is 11.2. The van der Waals surface area contributed by atoms with Crippen LogP contribution in [0, 0.1) is 11.8 Å². The minimum Gasteiger partial charge on any atom is -0.490 e. The van der Waals surface area contributed by atoms with E-state index in [1.54, 1.807) is 31.2 Å². The zero-order valence-electron chi connectivity index (χ0n) is 24.5. The van der Waals surface area contributed by atoms with E-state index in [-0.39, 0.29) is 35.7 Å². The van der Waals surface area contributed by atoms with E-state index in [1.165, 1.54) is 11.1 Å². The molecule has 2 aliphatic carbocycles. The average molecular weight is 629 g/mol. The van der Waals surface area contributed by atoms with Gasteiger partial charge in [0.05, 0.1) is 29.8 Å². The van der Waals surface area contributed by atoms with E-state index in [1.807, 2.05) is 12.1 Å². The normalized spacial score (nSPS) is 31.8. The topological polar surface area (TPSA) is 116 Å². The van der Waals surface area contributed by atoms with Gasteiger partial charge < -0.3 is 19.8 Å². The molecule has 0 unspecified atom stereocenters. The maximum atomic E-state index is 13.4. The van der Waals surface area contributed by atoms with Gasteiger partial charge in [-0.3, -0.25) is 4.79 Å². The molecule has 2 heterocycles. The monoisotopic (exact) mass is 628 g/mol. The fraction of sp³-hybridized carbons (Fsp3) is 0.545. The first-order chi connectivity index (χ1) is 20.5. The van der Waals surface area contributed by atoms with Crippen molar-refractivity contribution in [2.75, 3.05) is 24.6 Å². The number of hydrogen-bond donors (Lipinski definition) is 3. The molecule has 3 N–H and O–H groups in total. The van der Waals surface area contributed by atoms with Gasteiger partial charge in [0.1, 0.15) is 5.75 Å². The first-order valence-electron chi connectivity index (χ1n) is 15.4. The number of carbonyl (C=O) groups excluding carboxylic acids is 1. The zero-order valence-corrected chi connectivity index (χ0v) is 26.1. The summed E-state index contributed by atoms with van der Waals surface area (Å²) in [6.07, 6.45) is 7.62. The van der Waals surface area contributed by atoms with E-state index in [4.69, 9.17) is 16.3 Å². The lowest BCUT2D eigenvalue weighted by molar-refractivity contribution is 0.0456. The molecule has 10 heteroatoms. The van der Waals surface area contributed by atoms with Gasteiger partial charge in [-0.05, 0) is 112 Å². The number of nitrogens with zero attached hydrogens (tertiary/aromatic N) is 1. The highest BCUT2D eigenvalue weighted by atomic mass is 35.5. The van der Waals surface area contributed by atoms with E-state index >= 15 is 0 Å². The van der Waals surface area contributed by atoms with Crippen LogP contribution in [-0.4, -0.2) is 61.7 Å². The number of allylic oxidation sites excluding steroid dienone is 1. The number of amides is 1. The first-order valence-corrected chi connectivity index (χ1v) is 17.4. The van der Waals surface area contributed by atoms with Crippen LogP contribution in [0.25, 0.3) is 0 Å². The molecule has 0 aromatic heterocycles. The number of hydrogen-bond acceptors (Lipinski definition) is 7. The molecule has 6 atom stereocenters. The number of aliphatic hydroxyl groups is 2. The number of fused-ring (bicyclic) bond motifs is 4. The summed E-state index contributed by atoms with van der Waals surface area (Å²) in [6.45, 7) is 3.38. The van der Waals surface area contributed by atoms with Crippen LogP contribution >= 0.6 is 11.6 Å². The Morgan fingerprint density at radius 3 is 2.79 bits per heavy atom. The quantitative estimate of drug-likeness (QED) is 0.411. The number of halogens is 1. The summed E-state index contributed by atoms with van der Waals surface area (Å²) in [5, 5.41) is 20.9. The summed E-state index contributed by atoms with van der Waals surface area (Å²) in [5.74, 6) is 0.301. The van der Waals surface area contributed by atoms with Crippen LogP contribution in [-0.2, 0) is 21.9 Å². The van der Waals surface area contributed by atoms with Crippen LogP contribution in [0.4, 0.5) is 5.69 Å². The van der Waals surface area contributed by atoms with Gasteiger partial charge in [0, 0.05) is 29.1 Å². The molecule has 1 spiro atoms. The zero-order chi connectivity index (χ0) is 30.4. The third-order valence-corrected chi connectivity index (χ3v) is 11.9. The molecule has 2 aromatic carbocycles. The maximum Gasteiger partial charge on any atom is 0.264 e. The molecule has 2 bridgehead atoms. The van der Waals surface area contributed by atoms with Crippen molar-refractivity contribution in [3.63, 3.8) is 0 Å². The number of aliphatic hydroxyl groups excluding tert-OH is 2. The van der Waals surface area contributed by atoms with Crippen molar-refractivity contribution in [1.29, 1.82) is 0 Å². The SMILES string of the molecule is C[C@@H](O)C[C@@H]1CC/C=C\[C@H](O)[C@@H]2CC[C@H]2CN2C[C@@]3(CCCc4cc(Cl)ccc43)COc3ccc(cc32)C(=O)NS1(=O)=O. The maximum absolute atomic E-state index is 13.4. The van der Waals surface area contributed by atoms with Crippen molar-refractivity contribution in [3.8, 4) is 5.75 Å². The minimum atomic E-state index is -4.08. The second-order valence-corrected chi connectivity index (χ2v) is 15.4. The van der Waals surface area contributed by atoms with Crippen molar-refractivity contribution in [1.82, 2.24) is 4.72 Å². The summed E-state index contributed by atoms with van der Waals surface area (Å²) >= 11 is 6.38. The standard InChI is InChI=1S/C33H41ClN2O6S/c1-21(37)15-26-6-2-3-7-30(38)27-11-8-24(27)18-36-19-33(14-4-5-22-16-25(34)10-12-28(22)33)20-42-31-13-9-23(17-29(31)36)32(39)35-43(26,40)41/h3,7,9-10,12-13,16-17,21,24,26-27,30,37-38H,2,4-6,8,11,14-15,18-20H2,1H3,(H,35,39)/b7-3-/t21-,24+,26+,27-,30+,33+/m1/s1. The first kappa shape index (κ1) is 30.4. The van der Waals surface area contributed by atoms with E-state index in [2.05, 4.69) is 21.8 Å². The van der Waals surface area contributed by atoms with E-state index in [9.17, 15) is 23.4 Å². The Bertz CT molecular complexity index is 1510. The molecule has 2 aliphatic heterocycles. The van der Waals surface area contributed by atoms with Gasteiger partial charge in [0.15, 0.2) is 0 Å². The lowest BCUT2D eigenvalue weighted by atomic mass is 9.68. The second-order valence-electron chi connectivity index (χ2n) is 13.0. The Morgan fingerprint density at radius 1 is 1.19 bits per heavy atom. The molecule has 1 fully saturated rings. The molecule has 6 rings (SSSR count). The van der Waals surface area contributed by atoms with Gasteiger partial charge in [-0.25, -0.2) is 13.1 Å². The number of carbonyl (C=O) groups is 1. The van der Waals surface area contributed by atoms with Crippen molar-refractivity contribution in [2.24, 2.45) is 11.8 Å². The van der Waals surface area contributed by atoms with Crippen LogP contribution in [0.3, 0.4) is 0 Å². The van der Waals surface area contributed by atoms with Crippen molar-refractivity contribution >= 4 is 33.2 Å². The number of nitrogens with one attached hydrogen (secondary N) is 1. The van der Waals surface area contributed by atoms with E-state index in [0.717, 1.165) is 42.8 Å². The fourth-order valence-electron chi connectivity index (χ4n) is 7.52. The third-order valence-electron chi connectivity index (χ3n) is 9.94. The van der Waals surface area contributed by atoms with Gasteiger partial charge in [-0.15, -0.1) is 0 Å². The molecular weight excluding hydrogens is 588 g/mol. The Kier molecular flexibility index (Phi) is 8.54. The molecule has 4 aliphatic rings. The molecule has 232 valence electrons. The molecule has 1 amide bonds. The van der Waals surface area contributed by atoms with Crippen molar-refractivity contribution in [3.05, 3.63) is 70.3 Å². The smallest absolute Gasteiger partial charge is 0.264 e. The number of anilines is 1. The second kappa shape index (κ2) is 12.1. The number of ether oxygens (including phenoxy) is 1. The van der Waals surface area contributed by atoms with Crippen LogP contribution < -0.4 is 14.4 Å². The number of aryl methyl sites for hydroxylation is 1. The molecule has 8 nitrogen and oxygen atoms in total. The number of benzene rings is 2. The summed E-state index contributed by atoms with van der Waals surface area (Å²) in [5.41, 5.74) is 3.18. The molecule has 0 radical (unpaired) electrons. The lowest BCUT2D eigenvalue weighted by Gasteiger charge is -2.45. The Hall–Kier alpha value is -2.59. The van der Waals surface area contributed by atoms with E-state index in [0.29, 0.717) is 31.9 Å². The van der Waals surface area contributed by atoms with Crippen LogP contribution in [0.2, 0.25) is 5.02 Å². The Morgan fingerprint density at radius 2 is 2.02 bits per heavy atom. The Labute approximate surface area is 259 Å². The van der Waals surface area contributed by atoms with Crippen LogP contribution in [0.5, 0.6) is 5.75 Å². The summed E-state index contributed by atoms with van der Waals surface area (Å²) in [4.78, 5) is 15.7. The van der Waals surface area contributed by atoms with Gasteiger partial charge in [0.25, 0.3) is 5.91 Å². The van der Waals surface area contributed by atoms with Crippen LogP contribution in [0.1, 0.15) is 73.4 Å². The molecular formula is C33H41ClN2O6S. The van der Waals surface area contributed by atoms with Gasteiger partial charge >= 0.3 is 0 Å². The summed E-state index contributed by atoms with van der Waals surface area (Å²) < 4.78 is 35.5. The lowest BCUT2D eigenvalue weighted by Crippen LogP contribution is -2.49. The third kappa shape index (κ3) is 6.19. The van der Waals surface area contributed by atoms with Crippen molar-refractivity contribution in [2.45, 2.75) is 81.2 Å². The average Bonchev–Trinajstić information content (AvgIpc) is 3.08. The highest BCUT2D eigenvalue weighted by Gasteiger charge is 2.44. The van der Waals surface area contributed by atoms with Gasteiger partial charge in [-0.2, -0.15) is 0 Å². The number of sulfonamides is 1. The molecule has 43 heavy (non-hydrogen) atoms. The predicted octanol–water partition coefficient (Wildman–Crippen LogP) is 4.75. The fourth-order valence-corrected chi connectivity index (χ4v) is 9.24. The molecule has 2 aromatic rings. The molecule has 1 saturated carbocycles. The Balaban J connectivity index is 1.41. The largest absolute Gasteiger partial charge is 0.490 e. The molecule has 0 saturated heterocycles. The highest BCUT2D eigenvalue weighted by Crippen LogP contribution is 2.46. The van der Waals surface area contributed by atoms with Gasteiger partial charge in [0.2, 0.25) is 10.0 Å². The van der Waals surface area contributed by atoms with Crippen LogP contribution in [0.15, 0.2) is 48.6 Å². The van der Waals surface area contributed by atoms with E-state index < -0.39 is 33.4 Å². The summed E-state index contributed by atoms with van der Waals surface area (Å²) in [7, 11) is -4.08. The minimum absolute atomic E-state index is 0.00425.